The maximum Gasteiger partial charge on any atom is 0.332 e. The van der Waals surface area contributed by atoms with Crippen LogP contribution in [0.1, 0.15) is 64.9 Å². The number of carbonyl (C=O) groups excluding carboxylic acids is 1. The van der Waals surface area contributed by atoms with Crippen LogP contribution in [0.25, 0.3) is 22.5 Å². The molecule has 0 aliphatic rings. The smallest absolute Gasteiger partial charge is 0.332 e. The van der Waals surface area contributed by atoms with E-state index >= 15 is 0 Å². The van der Waals surface area contributed by atoms with E-state index in [-0.39, 0.29) is 0 Å². The Morgan fingerprint density at radius 2 is 1.67 bits per heavy atom. The molecule has 0 bridgehead atoms. The molecule has 0 N–H and O–H groups in total. The normalized spacial score (nSPS) is 12.8. The molecule has 0 aliphatic carbocycles. The van der Waals surface area contributed by atoms with Gasteiger partial charge in [-0.3, -0.25) is 0 Å². The molecule has 3 rings (SSSR count). The third-order valence-corrected chi connectivity index (χ3v) is 6.09. The first-order valence-corrected chi connectivity index (χ1v) is 12.2. The first-order valence-electron chi connectivity index (χ1n) is 11.9. The van der Waals surface area contributed by atoms with Crippen molar-refractivity contribution in [2.45, 2.75) is 70.6 Å². The zero-order valence-electron chi connectivity index (χ0n) is 19.8. The number of esters is 1. The van der Waals surface area contributed by atoms with Gasteiger partial charge in [-0.15, -0.1) is 11.6 Å². The lowest BCUT2D eigenvalue weighted by atomic mass is 9.92. The van der Waals surface area contributed by atoms with Gasteiger partial charge in [0.25, 0.3) is 0 Å². The fourth-order valence-electron chi connectivity index (χ4n) is 3.96. The zero-order chi connectivity index (χ0) is 23.7. The number of benzene rings is 2. The van der Waals surface area contributed by atoms with E-state index in [1.165, 1.54) is 24.8 Å². The molecule has 0 saturated heterocycles. The van der Waals surface area contributed by atoms with Crippen molar-refractivity contribution in [1.82, 2.24) is 9.97 Å². The summed E-state index contributed by atoms with van der Waals surface area (Å²) in [5.74, 6) is 0.444. The molecular formula is C28H33ClN2O2. The molecule has 0 saturated carbocycles. The van der Waals surface area contributed by atoms with E-state index < -0.39 is 10.8 Å². The molecule has 174 valence electrons. The highest BCUT2D eigenvalue weighted by molar-refractivity contribution is 6.33. The lowest BCUT2D eigenvalue weighted by molar-refractivity contribution is -0.137. The largest absolute Gasteiger partial charge is 0.422 e. The van der Waals surface area contributed by atoms with Crippen molar-refractivity contribution >= 4 is 17.6 Å². The lowest BCUT2D eigenvalue weighted by Gasteiger charge is -2.19. The van der Waals surface area contributed by atoms with Gasteiger partial charge in [-0.2, -0.15) is 0 Å². The Bertz CT molecular complexity index is 1030. The molecule has 33 heavy (non-hydrogen) atoms. The molecular weight excluding hydrogens is 432 g/mol. The van der Waals surface area contributed by atoms with E-state index in [0.717, 1.165) is 36.0 Å². The molecule has 5 heteroatoms. The number of aromatic nitrogens is 2. The highest BCUT2D eigenvalue weighted by atomic mass is 35.5. The highest BCUT2D eigenvalue weighted by Crippen LogP contribution is 2.34. The molecule has 1 atom stereocenters. The molecule has 1 aromatic heterocycles. The number of aryl methyl sites for hydroxylation is 1. The Hall–Kier alpha value is -2.72. The minimum atomic E-state index is -1.06. The molecule has 2 aromatic carbocycles. The first-order chi connectivity index (χ1) is 16.0. The van der Waals surface area contributed by atoms with Gasteiger partial charge in [0.15, 0.2) is 11.6 Å². The van der Waals surface area contributed by atoms with Gasteiger partial charge in [0.05, 0.1) is 12.4 Å². The predicted octanol–water partition coefficient (Wildman–Crippen LogP) is 7.64. The summed E-state index contributed by atoms with van der Waals surface area (Å²) >= 11 is 6.33. The van der Waals surface area contributed by atoms with Gasteiger partial charge < -0.3 is 4.74 Å². The SMILES string of the molecule is CCCCCCc1cccc(-c2ccccc2)c1-c1ncc(OC(=O)C(C)(Cl)CCC)cn1. The van der Waals surface area contributed by atoms with Crippen LogP contribution in [0.5, 0.6) is 5.75 Å². The van der Waals surface area contributed by atoms with Crippen LogP contribution in [0.4, 0.5) is 0 Å². The fourth-order valence-corrected chi connectivity index (χ4v) is 4.18. The molecule has 0 fully saturated rings. The van der Waals surface area contributed by atoms with Crippen molar-refractivity contribution in [1.29, 1.82) is 0 Å². The van der Waals surface area contributed by atoms with Crippen LogP contribution in [0, 0.1) is 0 Å². The van der Waals surface area contributed by atoms with Crippen molar-refractivity contribution in [3.8, 4) is 28.3 Å². The summed E-state index contributed by atoms with van der Waals surface area (Å²) in [4.78, 5) is 20.6. The molecule has 0 aliphatic heterocycles. The van der Waals surface area contributed by atoms with Gasteiger partial charge >= 0.3 is 5.97 Å². The van der Waals surface area contributed by atoms with E-state index in [2.05, 4.69) is 47.2 Å². The van der Waals surface area contributed by atoms with Crippen LogP contribution in [0.15, 0.2) is 60.9 Å². The van der Waals surface area contributed by atoms with Crippen molar-refractivity contribution < 1.29 is 9.53 Å². The highest BCUT2D eigenvalue weighted by Gasteiger charge is 2.32. The zero-order valence-corrected chi connectivity index (χ0v) is 20.6. The van der Waals surface area contributed by atoms with Crippen LogP contribution in [0.2, 0.25) is 0 Å². The molecule has 0 amide bonds. The van der Waals surface area contributed by atoms with Gasteiger partial charge in [0, 0.05) is 5.56 Å². The quantitative estimate of drug-likeness (QED) is 0.166. The Balaban J connectivity index is 1.92. The third kappa shape index (κ3) is 6.64. The summed E-state index contributed by atoms with van der Waals surface area (Å²) in [5, 5.41) is 0. The van der Waals surface area contributed by atoms with Crippen LogP contribution >= 0.6 is 11.6 Å². The number of alkyl halides is 1. The van der Waals surface area contributed by atoms with Crippen LogP contribution < -0.4 is 4.74 Å². The monoisotopic (exact) mass is 464 g/mol. The fraction of sp³-hybridized carbons (Fsp3) is 0.393. The van der Waals surface area contributed by atoms with Gasteiger partial charge in [-0.05, 0) is 42.9 Å². The number of nitrogens with zero attached hydrogens (tertiary/aromatic N) is 2. The number of rotatable bonds is 11. The second-order valence-corrected chi connectivity index (χ2v) is 9.43. The molecule has 3 aromatic rings. The second-order valence-electron chi connectivity index (χ2n) is 8.60. The maximum absolute atomic E-state index is 12.4. The van der Waals surface area contributed by atoms with E-state index in [1.54, 1.807) is 19.3 Å². The predicted molar refractivity (Wildman–Crippen MR) is 136 cm³/mol. The van der Waals surface area contributed by atoms with Gasteiger partial charge in [-0.25, -0.2) is 14.8 Å². The number of hydrogen-bond donors (Lipinski definition) is 0. The molecule has 0 spiro atoms. The minimum absolute atomic E-state index is 0.299. The van der Waals surface area contributed by atoms with Crippen molar-refractivity contribution in [2.75, 3.05) is 0 Å². The van der Waals surface area contributed by atoms with E-state index in [1.807, 2.05) is 25.1 Å². The second kappa shape index (κ2) is 11.9. The number of hydrogen-bond acceptors (Lipinski definition) is 4. The van der Waals surface area contributed by atoms with Crippen molar-refractivity contribution in [3.05, 3.63) is 66.5 Å². The minimum Gasteiger partial charge on any atom is -0.422 e. The summed E-state index contributed by atoms with van der Waals surface area (Å²) in [6.07, 6.45) is 10.2. The summed E-state index contributed by atoms with van der Waals surface area (Å²) < 4.78 is 5.46. The summed E-state index contributed by atoms with van der Waals surface area (Å²) in [5.41, 5.74) is 4.49. The molecule has 0 radical (unpaired) electrons. The van der Waals surface area contributed by atoms with Gasteiger partial charge in [0.1, 0.15) is 4.87 Å². The molecule has 1 unspecified atom stereocenters. The van der Waals surface area contributed by atoms with Crippen LogP contribution in [0.3, 0.4) is 0 Å². The maximum atomic E-state index is 12.4. The first kappa shape index (κ1) is 24.9. The molecule has 1 heterocycles. The van der Waals surface area contributed by atoms with Crippen LogP contribution in [-0.4, -0.2) is 20.8 Å². The van der Waals surface area contributed by atoms with E-state index in [0.29, 0.717) is 18.0 Å². The van der Waals surface area contributed by atoms with Gasteiger partial charge in [-0.1, -0.05) is 88.1 Å². The lowest BCUT2D eigenvalue weighted by Crippen LogP contribution is -2.33. The average Bonchev–Trinajstić information content (AvgIpc) is 2.83. The van der Waals surface area contributed by atoms with E-state index in [9.17, 15) is 4.79 Å². The van der Waals surface area contributed by atoms with Gasteiger partial charge in [0.2, 0.25) is 0 Å². The third-order valence-electron chi connectivity index (χ3n) is 5.74. The van der Waals surface area contributed by atoms with Crippen molar-refractivity contribution in [2.24, 2.45) is 0 Å². The average molecular weight is 465 g/mol. The summed E-state index contributed by atoms with van der Waals surface area (Å²) in [6, 6.07) is 16.7. The Kier molecular flexibility index (Phi) is 9.02. The number of ether oxygens (including phenoxy) is 1. The Labute approximate surface area is 202 Å². The number of carbonyl (C=O) groups is 1. The Morgan fingerprint density at radius 3 is 2.33 bits per heavy atom. The van der Waals surface area contributed by atoms with E-state index in [4.69, 9.17) is 16.3 Å². The Morgan fingerprint density at radius 1 is 0.939 bits per heavy atom. The summed E-state index contributed by atoms with van der Waals surface area (Å²) in [7, 11) is 0. The molecule has 4 nitrogen and oxygen atoms in total. The number of unbranched alkanes of at least 4 members (excludes halogenated alkanes) is 3. The van der Waals surface area contributed by atoms with Crippen molar-refractivity contribution in [3.63, 3.8) is 0 Å². The van der Waals surface area contributed by atoms with Crippen LogP contribution in [-0.2, 0) is 11.2 Å². The summed E-state index contributed by atoms with van der Waals surface area (Å²) in [6.45, 7) is 5.88. The number of halogens is 1. The topological polar surface area (TPSA) is 52.1 Å². The standard InChI is InChI=1S/C28H33ClN2O2/c1-4-6-7-9-15-22-16-12-17-24(21-13-10-8-11-14-21)25(22)26-30-19-23(20-31-26)33-27(32)28(3,29)18-5-2/h8,10-14,16-17,19-20H,4-7,9,15,18H2,1-3H3.